The van der Waals surface area contributed by atoms with Crippen LogP contribution in [0.1, 0.15) is 0 Å². The number of methoxy groups -OCH3 is 1. The van der Waals surface area contributed by atoms with Gasteiger partial charge in [-0.15, -0.1) is 0 Å². The van der Waals surface area contributed by atoms with Crippen molar-refractivity contribution >= 4 is 27.1 Å². The van der Waals surface area contributed by atoms with Crippen LogP contribution in [0.25, 0.3) is 0 Å². The molecule has 0 radical (unpaired) electrons. The number of benzene rings is 2. The van der Waals surface area contributed by atoms with E-state index in [1.54, 1.807) is 0 Å². The summed E-state index contributed by atoms with van der Waals surface area (Å²) in [4.78, 5) is 0.283. The highest BCUT2D eigenvalue weighted by molar-refractivity contribution is 7.91. The van der Waals surface area contributed by atoms with Gasteiger partial charge in [0.05, 0.1) is 21.9 Å². The maximum absolute atomic E-state index is 12.4. The topological polar surface area (TPSA) is 69.4 Å². The molecule has 2 N–H and O–H groups in total. The van der Waals surface area contributed by atoms with E-state index in [0.29, 0.717) is 11.4 Å². The molecule has 6 heteroatoms. The molecule has 0 aliphatic carbocycles. The van der Waals surface area contributed by atoms with Crippen molar-refractivity contribution in [2.45, 2.75) is 9.79 Å². The number of anilines is 1. The number of sulfone groups is 1. The highest BCUT2D eigenvalue weighted by Gasteiger charge is 2.18. The van der Waals surface area contributed by atoms with Gasteiger partial charge in [0.25, 0.3) is 0 Å². The third kappa shape index (κ3) is 2.67. The lowest BCUT2D eigenvalue weighted by atomic mass is 10.3. The van der Waals surface area contributed by atoms with Crippen LogP contribution in [0, 0.1) is 0 Å². The average molecular weight is 298 g/mol. The maximum atomic E-state index is 12.4. The van der Waals surface area contributed by atoms with E-state index >= 15 is 0 Å². The Balaban J connectivity index is 2.50. The molecule has 0 aliphatic heterocycles. The third-order valence-corrected chi connectivity index (χ3v) is 4.69. The first-order chi connectivity index (χ1) is 8.95. The molecule has 0 heterocycles. The van der Waals surface area contributed by atoms with E-state index in [-0.39, 0.29) is 14.8 Å². The molecule has 0 bridgehead atoms. The largest absolute Gasteiger partial charge is 0.495 e. The van der Waals surface area contributed by atoms with Gasteiger partial charge in [0.15, 0.2) is 0 Å². The minimum absolute atomic E-state index is 0.114. The summed E-state index contributed by atoms with van der Waals surface area (Å²) in [7, 11) is -2.13. The van der Waals surface area contributed by atoms with Gasteiger partial charge in [-0.05, 0) is 42.5 Å². The molecule has 0 aromatic heterocycles. The zero-order valence-electron chi connectivity index (χ0n) is 10.1. The SMILES string of the molecule is COc1ccc(S(=O)(=O)c2ccc(N)cc2)cc1Cl. The summed E-state index contributed by atoms with van der Waals surface area (Å²) >= 11 is 5.94. The first kappa shape index (κ1) is 13.7. The number of nitrogen functional groups attached to an aromatic ring is 1. The fourth-order valence-corrected chi connectivity index (χ4v) is 3.21. The molecule has 2 aromatic rings. The van der Waals surface area contributed by atoms with Gasteiger partial charge in [-0.3, -0.25) is 0 Å². The van der Waals surface area contributed by atoms with Gasteiger partial charge >= 0.3 is 0 Å². The lowest BCUT2D eigenvalue weighted by Crippen LogP contribution is -2.02. The third-order valence-electron chi connectivity index (χ3n) is 2.62. The van der Waals surface area contributed by atoms with E-state index in [0.717, 1.165) is 0 Å². The van der Waals surface area contributed by atoms with Crippen molar-refractivity contribution < 1.29 is 13.2 Å². The van der Waals surface area contributed by atoms with Crippen LogP contribution in [-0.2, 0) is 9.84 Å². The Bertz CT molecular complexity index is 696. The minimum Gasteiger partial charge on any atom is -0.495 e. The smallest absolute Gasteiger partial charge is 0.206 e. The highest BCUT2D eigenvalue weighted by atomic mass is 35.5. The normalized spacial score (nSPS) is 11.3. The van der Waals surface area contributed by atoms with Crippen LogP contribution >= 0.6 is 11.6 Å². The average Bonchev–Trinajstić information content (AvgIpc) is 2.39. The Labute approximate surface area is 116 Å². The molecule has 0 atom stereocenters. The molecule has 2 rings (SSSR count). The number of ether oxygens (including phenoxy) is 1. The lowest BCUT2D eigenvalue weighted by molar-refractivity contribution is 0.414. The van der Waals surface area contributed by atoms with E-state index in [1.807, 2.05) is 0 Å². The highest BCUT2D eigenvalue weighted by Crippen LogP contribution is 2.30. The van der Waals surface area contributed by atoms with Gasteiger partial charge in [-0.1, -0.05) is 11.6 Å². The lowest BCUT2D eigenvalue weighted by Gasteiger charge is -2.07. The molecule has 0 fully saturated rings. The molecule has 0 amide bonds. The van der Waals surface area contributed by atoms with Gasteiger partial charge in [-0.25, -0.2) is 8.42 Å². The van der Waals surface area contributed by atoms with Crippen LogP contribution in [0.3, 0.4) is 0 Å². The summed E-state index contributed by atoms with van der Waals surface area (Å²) in [6.07, 6.45) is 0. The number of halogens is 1. The zero-order valence-corrected chi connectivity index (χ0v) is 11.7. The van der Waals surface area contributed by atoms with E-state index in [9.17, 15) is 8.42 Å². The number of nitrogens with two attached hydrogens (primary N) is 1. The summed E-state index contributed by atoms with van der Waals surface area (Å²) in [6, 6.07) is 10.3. The van der Waals surface area contributed by atoms with Crippen LogP contribution in [0.4, 0.5) is 5.69 Å². The Hall–Kier alpha value is -1.72. The molecule has 2 aromatic carbocycles. The van der Waals surface area contributed by atoms with Gasteiger partial charge in [0.1, 0.15) is 5.75 Å². The van der Waals surface area contributed by atoms with Crippen LogP contribution < -0.4 is 10.5 Å². The number of hydrogen-bond donors (Lipinski definition) is 1. The van der Waals surface area contributed by atoms with Gasteiger partial charge in [0, 0.05) is 5.69 Å². The second-order valence-corrected chi connectivity index (χ2v) is 6.23. The monoisotopic (exact) mass is 297 g/mol. The van der Waals surface area contributed by atoms with Gasteiger partial charge < -0.3 is 10.5 Å². The first-order valence-electron chi connectivity index (χ1n) is 5.39. The summed E-state index contributed by atoms with van der Waals surface area (Å²) in [5, 5.41) is 0.249. The van der Waals surface area contributed by atoms with Crippen molar-refractivity contribution in [1.82, 2.24) is 0 Å². The van der Waals surface area contributed by atoms with Crippen molar-refractivity contribution in [3.8, 4) is 5.75 Å². The molecule has 0 aliphatic rings. The summed E-state index contributed by atoms with van der Waals surface area (Å²) in [6.45, 7) is 0. The molecule has 4 nitrogen and oxygen atoms in total. The Kier molecular flexibility index (Phi) is 3.68. The fraction of sp³-hybridized carbons (Fsp3) is 0.0769. The number of hydrogen-bond acceptors (Lipinski definition) is 4. The molecule has 0 saturated carbocycles. The predicted octanol–water partition coefficient (Wildman–Crippen LogP) is 2.76. The molecule has 0 spiro atoms. The van der Waals surface area contributed by atoms with Crippen LogP contribution in [0.5, 0.6) is 5.75 Å². The molecular formula is C13H12ClNO3S. The quantitative estimate of drug-likeness (QED) is 0.885. The van der Waals surface area contributed by atoms with Crippen molar-refractivity contribution in [2.75, 3.05) is 12.8 Å². The van der Waals surface area contributed by atoms with Crippen molar-refractivity contribution in [3.05, 3.63) is 47.5 Å². The molecule has 0 saturated heterocycles. The van der Waals surface area contributed by atoms with E-state index in [1.165, 1.54) is 49.6 Å². The fourth-order valence-electron chi connectivity index (χ4n) is 1.60. The zero-order chi connectivity index (χ0) is 14.0. The molecule has 19 heavy (non-hydrogen) atoms. The Morgan fingerprint density at radius 3 is 2.16 bits per heavy atom. The maximum Gasteiger partial charge on any atom is 0.206 e. The van der Waals surface area contributed by atoms with E-state index in [2.05, 4.69) is 0 Å². The minimum atomic E-state index is -3.60. The second-order valence-electron chi connectivity index (χ2n) is 3.87. The number of rotatable bonds is 3. The van der Waals surface area contributed by atoms with E-state index < -0.39 is 9.84 Å². The standard InChI is InChI=1S/C13H12ClNO3S/c1-18-13-7-6-11(8-12(13)14)19(16,17)10-4-2-9(15)3-5-10/h2-8H,15H2,1H3. The van der Waals surface area contributed by atoms with Crippen LogP contribution in [-0.4, -0.2) is 15.5 Å². The van der Waals surface area contributed by atoms with Crippen molar-refractivity contribution in [2.24, 2.45) is 0 Å². The molecular weight excluding hydrogens is 286 g/mol. The van der Waals surface area contributed by atoms with E-state index in [4.69, 9.17) is 22.1 Å². The van der Waals surface area contributed by atoms with Crippen LogP contribution in [0.2, 0.25) is 5.02 Å². The summed E-state index contributed by atoms with van der Waals surface area (Å²) < 4.78 is 29.7. The molecule has 100 valence electrons. The van der Waals surface area contributed by atoms with Crippen LogP contribution in [0.15, 0.2) is 52.3 Å². The van der Waals surface area contributed by atoms with Gasteiger partial charge in [0.2, 0.25) is 9.84 Å². The van der Waals surface area contributed by atoms with Crippen molar-refractivity contribution in [1.29, 1.82) is 0 Å². The summed E-state index contributed by atoms with van der Waals surface area (Å²) in [5.41, 5.74) is 6.04. The second kappa shape index (κ2) is 5.11. The Morgan fingerprint density at radius 2 is 1.63 bits per heavy atom. The summed E-state index contributed by atoms with van der Waals surface area (Å²) in [5.74, 6) is 0.429. The first-order valence-corrected chi connectivity index (χ1v) is 7.25. The predicted molar refractivity (Wildman–Crippen MR) is 74.3 cm³/mol. The Morgan fingerprint density at radius 1 is 1.05 bits per heavy atom. The van der Waals surface area contributed by atoms with Crippen molar-refractivity contribution in [3.63, 3.8) is 0 Å². The van der Waals surface area contributed by atoms with Gasteiger partial charge in [-0.2, -0.15) is 0 Å². The molecule has 0 unspecified atom stereocenters.